The van der Waals surface area contributed by atoms with Crippen molar-refractivity contribution in [1.29, 1.82) is 0 Å². The average Bonchev–Trinajstić information content (AvgIpc) is 2.71. The van der Waals surface area contributed by atoms with Gasteiger partial charge in [-0.15, -0.1) is 0 Å². The lowest BCUT2D eigenvalue weighted by Gasteiger charge is -1.98. The van der Waals surface area contributed by atoms with Gasteiger partial charge in [0.25, 0.3) is 5.91 Å². The summed E-state index contributed by atoms with van der Waals surface area (Å²) < 4.78 is 1.43. The maximum atomic E-state index is 11.6. The monoisotopic (exact) mass is 173 g/mol. The quantitative estimate of drug-likeness (QED) is 0.645. The first-order chi connectivity index (χ1) is 6.38. The van der Waals surface area contributed by atoms with Crippen molar-refractivity contribution >= 4 is 5.91 Å². The van der Waals surface area contributed by atoms with Crippen molar-refractivity contribution in [1.82, 2.24) is 14.5 Å². The molecule has 0 aromatic carbocycles. The summed E-state index contributed by atoms with van der Waals surface area (Å²) in [6.45, 7) is 0. The Bertz CT molecular complexity index is 394. The van der Waals surface area contributed by atoms with Gasteiger partial charge in [0.2, 0.25) is 0 Å². The van der Waals surface area contributed by atoms with Gasteiger partial charge in [-0.1, -0.05) is 0 Å². The number of nitrogens with zero attached hydrogens (tertiary/aromatic N) is 3. The van der Waals surface area contributed by atoms with E-state index in [1.54, 1.807) is 36.9 Å². The largest absolute Gasteiger partial charge is 0.272 e. The molecule has 0 bridgehead atoms. The van der Waals surface area contributed by atoms with Gasteiger partial charge in [-0.05, 0) is 12.1 Å². The predicted molar refractivity (Wildman–Crippen MR) is 46.2 cm³/mol. The summed E-state index contributed by atoms with van der Waals surface area (Å²) in [5.74, 6) is -0.0973. The fourth-order valence-corrected chi connectivity index (χ4v) is 1.02. The number of pyridine rings is 1. The number of hydrogen-bond acceptors (Lipinski definition) is 3. The minimum absolute atomic E-state index is 0.0973. The van der Waals surface area contributed by atoms with Crippen LogP contribution in [-0.2, 0) is 0 Å². The Morgan fingerprint density at radius 2 is 1.92 bits per heavy atom. The van der Waals surface area contributed by atoms with Gasteiger partial charge in [-0.25, -0.2) is 4.98 Å². The van der Waals surface area contributed by atoms with Crippen LogP contribution >= 0.6 is 0 Å². The van der Waals surface area contributed by atoms with Crippen LogP contribution < -0.4 is 0 Å². The Morgan fingerprint density at radius 3 is 2.54 bits per heavy atom. The normalized spacial score (nSPS) is 9.85. The van der Waals surface area contributed by atoms with Gasteiger partial charge in [0, 0.05) is 30.4 Å². The third-order valence-electron chi connectivity index (χ3n) is 1.67. The second-order valence-electron chi connectivity index (χ2n) is 2.51. The molecule has 0 aliphatic carbocycles. The minimum atomic E-state index is -0.0973. The zero-order chi connectivity index (χ0) is 9.10. The lowest BCUT2D eigenvalue weighted by atomic mass is 10.2. The summed E-state index contributed by atoms with van der Waals surface area (Å²) in [6, 6.07) is 3.34. The number of hydrogen-bond donors (Lipinski definition) is 0. The minimum Gasteiger partial charge on any atom is -0.272 e. The molecule has 0 amide bonds. The van der Waals surface area contributed by atoms with Crippen LogP contribution in [0.5, 0.6) is 0 Å². The summed E-state index contributed by atoms with van der Waals surface area (Å²) in [4.78, 5) is 19.2. The van der Waals surface area contributed by atoms with Gasteiger partial charge < -0.3 is 0 Å². The molecule has 13 heavy (non-hydrogen) atoms. The number of carbonyl (C=O) groups excluding carboxylic acids is 1. The van der Waals surface area contributed by atoms with E-state index in [-0.39, 0.29) is 5.91 Å². The highest BCUT2D eigenvalue weighted by atomic mass is 16.2. The molecule has 2 heterocycles. The molecular weight excluding hydrogens is 166 g/mol. The molecule has 4 heteroatoms. The molecule has 0 saturated carbocycles. The van der Waals surface area contributed by atoms with Crippen molar-refractivity contribution in [3.05, 3.63) is 48.8 Å². The molecule has 0 N–H and O–H groups in total. The van der Waals surface area contributed by atoms with E-state index in [0.29, 0.717) is 5.56 Å². The van der Waals surface area contributed by atoms with Crippen LogP contribution in [0.25, 0.3) is 0 Å². The van der Waals surface area contributed by atoms with E-state index in [1.165, 1.54) is 10.9 Å². The van der Waals surface area contributed by atoms with Crippen LogP contribution in [0.15, 0.2) is 43.2 Å². The molecule has 2 rings (SSSR count). The Morgan fingerprint density at radius 1 is 1.15 bits per heavy atom. The summed E-state index contributed by atoms with van der Waals surface area (Å²) >= 11 is 0. The molecule has 0 radical (unpaired) electrons. The van der Waals surface area contributed by atoms with Crippen molar-refractivity contribution in [2.24, 2.45) is 0 Å². The van der Waals surface area contributed by atoms with Gasteiger partial charge in [0.05, 0.1) is 0 Å². The number of imidazole rings is 1. The summed E-state index contributed by atoms with van der Waals surface area (Å²) in [7, 11) is 0. The lowest BCUT2D eigenvalue weighted by Crippen LogP contribution is -2.09. The highest BCUT2D eigenvalue weighted by Crippen LogP contribution is 1.99. The van der Waals surface area contributed by atoms with E-state index in [4.69, 9.17) is 0 Å². The van der Waals surface area contributed by atoms with Crippen molar-refractivity contribution in [2.45, 2.75) is 0 Å². The van der Waals surface area contributed by atoms with Crippen LogP contribution in [0.1, 0.15) is 10.4 Å². The highest BCUT2D eigenvalue weighted by molar-refractivity contribution is 5.95. The van der Waals surface area contributed by atoms with E-state index in [1.807, 2.05) is 0 Å². The van der Waals surface area contributed by atoms with E-state index in [0.717, 1.165) is 0 Å². The summed E-state index contributed by atoms with van der Waals surface area (Å²) in [5.41, 5.74) is 0.605. The number of rotatable bonds is 1. The Hall–Kier alpha value is -1.97. The maximum Gasteiger partial charge on any atom is 0.263 e. The molecule has 0 spiro atoms. The summed E-state index contributed by atoms with van der Waals surface area (Å²) in [5, 5.41) is 0. The van der Waals surface area contributed by atoms with Gasteiger partial charge in [0.1, 0.15) is 6.33 Å². The molecule has 4 nitrogen and oxygen atoms in total. The van der Waals surface area contributed by atoms with Gasteiger partial charge >= 0.3 is 0 Å². The second kappa shape index (κ2) is 3.18. The fourth-order valence-electron chi connectivity index (χ4n) is 1.02. The predicted octanol–water partition coefficient (Wildman–Crippen LogP) is 0.967. The van der Waals surface area contributed by atoms with Gasteiger partial charge in [-0.3, -0.25) is 14.3 Å². The van der Waals surface area contributed by atoms with E-state index in [9.17, 15) is 4.79 Å². The molecule has 0 aliphatic heterocycles. The first-order valence-corrected chi connectivity index (χ1v) is 3.80. The molecule has 0 fully saturated rings. The average molecular weight is 173 g/mol. The zero-order valence-corrected chi connectivity index (χ0v) is 6.79. The van der Waals surface area contributed by atoms with Crippen molar-refractivity contribution in [3.63, 3.8) is 0 Å². The highest BCUT2D eigenvalue weighted by Gasteiger charge is 2.05. The van der Waals surface area contributed by atoms with Crippen LogP contribution in [0.4, 0.5) is 0 Å². The second-order valence-corrected chi connectivity index (χ2v) is 2.51. The van der Waals surface area contributed by atoms with Crippen molar-refractivity contribution in [3.8, 4) is 0 Å². The van der Waals surface area contributed by atoms with Crippen molar-refractivity contribution in [2.75, 3.05) is 0 Å². The Kier molecular flexibility index (Phi) is 1.88. The van der Waals surface area contributed by atoms with Crippen molar-refractivity contribution < 1.29 is 4.79 Å². The topological polar surface area (TPSA) is 47.8 Å². The standard InChI is InChI=1S/C9H7N3O/c13-9(12-6-5-11-7-12)8-1-3-10-4-2-8/h1-7H. The van der Waals surface area contributed by atoms with Crippen LogP contribution in [0.3, 0.4) is 0 Å². The fraction of sp³-hybridized carbons (Fsp3) is 0. The smallest absolute Gasteiger partial charge is 0.263 e. The third-order valence-corrected chi connectivity index (χ3v) is 1.67. The Labute approximate surface area is 74.9 Å². The third kappa shape index (κ3) is 1.46. The lowest BCUT2D eigenvalue weighted by molar-refractivity contribution is 0.0959. The van der Waals surface area contributed by atoms with E-state index >= 15 is 0 Å². The molecule has 2 aromatic heterocycles. The Balaban J connectivity index is 2.34. The van der Waals surface area contributed by atoms with Crippen LogP contribution in [0, 0.1) is 0 Å². The number of carbonyl (C=O) groups is 1. The first kappa shape index (κ1) is 7.67. The van der Waals surface area contributed by atoms with Gasteiger partial charge in [0.15, 0.2) is 0 Å². The van der Waals surface area contributed by atoms with E-state index < -0.39 is 0 Å². The SMILES string of the molecule is O=C(c1ccncc1)n1ccnc1. The zero-order valence-electron chi connectivity index (χ0n) is 6.79. The molecule has 0 atom stereocenters. The van der Waals surface area contributed by atoms with E-state index in [2.05, 4.69) is 9.97 Å². The molecule has 2 aromatic rings. The van der Waals surface area contributed by atoms with Gasteiger partial charge in [-0.2, -0.15) is 0 Å². The molecule has 64 valence electrons. The summed E-state index contributed by atoms with van der Waals surface area (Å²) in [6.07, 6.45) is 7.83. The molecule has 0 aliphatic rings. The maximum absolute atomic E-state index is 11.6. The molecular formula is C9H7N3O. The molecule has 0 saturated heterocycles. The first-order valence-electron chi connectivity index (χ1n) is 3.80. The van der Waals surface area contributed by atoms with Crippen LogP contribution in [0.2, 0.25) is 0 Å². The van der Waals surface area contributed by atoms with Crippen LogP contribution in [-0.4, -0.2) is 20.4 Å². The number of aromatic nitrogens is 3. The molecule has 0 unspecified atom stereocenters.